The first-order valence-corrected chi connectivity index (χ1v) is 5.55. The fraction of sp³-hybridized carbons (Fsp3) is 0.357. The van der Waals surface area contributed by atoms with Gasteiger partial charge in [-0.15, -0.1) is 6.42 Å². The van der Waals surface area contributed by atoms with E-state index in [1.165, 1.54) is 0 Å². The molecule has 0 heterocycles. The number of hydrogen-bond acceptors (Lipinski definition) is 1. The lowest BCUT2D eigenvalue weighted by Crippen LogP contribution is -2.34. The highest BCUT2D eigenvalue weighted by molar-refractivity contribution is 5.79. The first-order valence-electron chi connectivity index (χ1n) is 5.55. The van der Waals surface area contributed by atoms with Gasteiger partial charge in [-0.25, -0.2) is 0 Å². The lowest BCUT2D eigenvalue weighted by atomic mass is 10.1. The molecule has 0 saturated carbocycles. The molecule has 0 aliphatic carbocycles. The topological polar surface area (TPSA) is 29.1 Å². The lowest BCUT2D eigenvalue weighted by Gasteiger charge is -2.11. The Morgan fingerprint density at radius 2 is 2.12 bits per heavy atom. The maximum absolute atomic E-state index is 11.6. The highest BCUT2D eigenvalue weighted by Crippen LogP contribution is 2.01. The van der Waals surface area contributed by atoms with Gasteiger partial charge in [-0.2, -0.15) is 0 Å². The van der Waals surface area contributed by atoms with E-state index in [4.69, 9.17) is 6.42 Å². The number of hydrogen-bond donors (Lipinski definition) is 1. The van der Waals surface area contributed by atoms with Crippen molar-refractivity contribution in [1.29, 1.82) is 0 Å². The third-order valence-corrected chi connectivity index (χ3v) is 2.32. The second-order valence-corrected chi connectivity index (χ2v) is 3.74. The van der Waals surface area contributed by atoms with Crippen LogP contribution in [0.25, 0.3) is 0 Å². The van der Waals surface area contributed by atoms with Crippen LogP contribution in [0.1, 0.15) is 25.3 Å². The molecule has 0 aromatic heterocycles. The molecule has 0 spiro atoms. The molecular formula is C14H17NO. The molecule has 1 aromatic rings. The van der Waals surface area contributed by atoms with Crippen molar-refractivity contribution in [2.75, 3.05) is 0 Å². The summed E-state index contributed by atoms with van der Waals surface area (Å²) in [5.41, 5.74) is 1.01. The van der Waals surface area contributed by atoms with E-state index in [-0.39, 0.29) is 11.9 Å². The fourth-order valence-electron chi connectivity index (χ4n) is 1.51. The van der Waals surface area contributed by atoms with Gasteiger partial charge in [0, 0.05) is 0 Å². The Hall–Kier alpha value is -1.75. The number of carbonyl (C=O) groups excluding carboxylic acids is 1. The van der Waals surface area contributed by atoms with Crippen molar-refractivity contribution in [2.24, 2.45) is 0 Å². The van der Waals surface area contributed by atoms with Crippen LogP contribution in [0, 0.1) is 12.3 Å². The minimum atomic E-state index is -0.138. The maximum atomic E-state index is 11.6. The number of carbonyl (C=O) groups is 1. The molecule has 0 aliphatic heterocycles. The van der Waals surface area contributed by atoms with Crippen LogP contribution < -0.4 is 5.32 Å². The van der Waals surface area contributed by atoms with Crippen LogP contribution in [-0.2, 0) is 11.2 Å². The molecule has 1 rings (SSSR count). The summed E-state index contributed by atoms with van der Waals surface area (Å²) in [4.78, 5) is 11.6. The average Bonchev–Trinajstić information content (AvgIpc) is 2.29. The first-order chi connectivity index (χ1) is 7.76. The minimum absolute atomic E-state index is 0.0115. The summed E-state index contributed by atoms with van der Waals surface area (Å²) in [6, 6.07) is 9.51. The third-order valence-electron chi connectivity index (χ3n) is 2.32. The van der Waals surface area contributed by atoms with Crippen molar-refractivity contribution in [1.82, 2.24) is 5.32 Å². The van der Waals surface area contributed by atoms with E-state index in [9.17, 15) is 4.79 Å². The van der Waals surface area contributed by atoms with Gasteiger partial charge >= 0.3 is 0 Å². The quantitative estimate of drug-likeness (QED) is 0.749. The molecule has 0 saturated heterocycles. The molecule has 1 unspecified atom stereocenters. The van der Waals surface area contributed by atoms with E-state index in [0.29, 0.717) is 6.42 Å². The molecule has 2 nitrogen and oxygen atoms in total. The zero-order valence-electron chi connectivity index (χ0n) is 9.57. The Morgan fingerprint density at radius 3 is 2.69 bits per heavy atom. The van der Waals surface area contributed by atoms with Crippen molar-refractivity contribution in [3.05, 3.63) is 35.9 Å². The van der Waals surface area contributed by atoms with Gasteiger partial charge in [-0.1, -0.05) is 49.6 Å². The highest BCUT2D eigenvalue weighted by Gasteiger charge is 2.08. The van der Waals surface area contributed by atoms with Gasteiger partial charge in [0.05, 0.1) is 12.5 Å². The molecule has 0 fully saturated rings. The monoisotopic (exact) mass is 215 g/mol. The van der Waals surface area contributed by atoms with E-state index in [1.54, 1.807) is 0 Å². The highest BCUT2D eigenvalue weighted by atomic mass is 16.1. The Morgan fingerprint density at radius 1 is 1.44 bits per heavy atom. The molecule has 1 atom stereocenters. The second-order valence-electron chi connectivity index (χ2n) is 3.74. The zero-order valence-corrected chi connectivity index (χ0v) is 9.57. The lowest BCUT2D eigenvalue weighted by molar-refractivity contribution is -0.120. The molecule has 16 heavy (non-hydrogen) atoms. The first kappa shape index (κ1) is 12.3. The summed E-state index contributed by atoms with van der Waals surface area (Å²) in [5.74, 6) is 2.58. The fourth-order valence-corrected chi connectivity index (χ4v) is 1.51. The van der Waals surface area contributed by atoms with Crippen molar-refractivity contribution in [3.63, 3.8) is 0 Å². The number of amides is 1. The van der Waals surface area contributed by atoms with Gasteiger partial charge in [0.25, 0.3) is 0 Å². The van der Waals surface area contributed by atoms with Gasteiger partial charge < -0.3 is 5.32 Å². The van der Waals surface area contributed by atoms with E-state index in [1.807, 2.05) is 37.3 Å². The largest absolute Gasteiger partial charge is 0.342 e. The third kappa shape index (κ3) is 4.18. The van der Waals surface area contributed by atoms with E-state index < -0.39 is 0 Å². The molecule has 0 radical (unpaired) electrons. The summed E-state index contributed by atoms with van der Waals surface area (Å²) in [7, 11) is 0. The predicted molar refractivity (Wildman–Crippen MR) is 65.8 cm³/mol. The number of nitrogens with one attached hydrogen (secondary N) is 1. The molecule has 0 bridgehead atoms. The Bertz CT molecular complexity index is 364. The molecule has 84 valence electrons. The number of benzene rings is 1. The van der Waals surface area contributed by atoms with Crippen LogP contribution >= 0.6 is 0 Å². The minimum Gasteiger partial charge on any atom is -0.342 e. The normalized spacial score (nSPS) is 11.5. The number of rotatable bonds is 5. The van der Waals surface area contributed by atoms with E-state index in [2.05, 4.69) is 11.2 Å². The van der Waals surface area contributed by atoms with Crippen molar-refractivity contribution < 1.29 is 4.79 Å². The molecular weight excluding hydrogens is 198 g/mol. The summed E-state index contributed by atoms with van der Waals surface area (Å²) < 4.78 is 0. The van der Waals surface area contributed by atoms with E-state index >= 15 is 0 Å². The van der Waals surface area contributed by atoms with E-state index in [0.717, 1.165) is 18.4 Å². The Labute approximate surface area is 97.1 Å². The predicted octanol–water partition coefficient (Wildman–Crippen LogP) is 2.15. The number of terminal acetylenes is 1. The van der Waals surface area contributed by atoms with Crippen molar-refractivity contribution in [3.8, 4) is 12.3 Å². The van der Waals surface area contributed by atoms with Crippen LogP contribution in [0.15, 0.2) is 30.3 Å². The zero-order chi connectivity index (χ0) is 11.8. The van der Waals surface area contributed by atoms with Gasteiger partial charge in [0.2, 0.25) is 5.91 Å². The second kappa shape index (κ2) is 6.68. The van der Waals surface area contributed by atoms with Gasteiger partial charge in [0.1, 0.15) is 0 Å². The molecule has 1 aromatic carbocycles. The maximum Gasteiger partial charge on any atom is 0.225 e. The van der Waals surface area contributed by atoms with Crippen LogP contribution in [0.2, 0.25) is 0 Å². The summed E-state index contributed by atoms with van der Waals surface area (Å²) in [6.45, 7) is 2.05. The van der Waals surface area contributed by atoms with Gasteiger partial charge in [0.15, 0.2) is 0 Å². The molecule has 0 aliphatic rings. The molecule has 1 amide bonds. The smallest absolute Gasteiger partial charge is 0.225 e. The summed E-state index contributed by atoms with van der Waals surface area (Å²) >= 11 is 0. The standard InChI is InChI=1S/C14H17NO/c1-3-8-13(4-2)15-14(16)11-12-9-6-5-7-10-12/h2,5-7,9-10,13H,3,8,11H2,1H3,(H,15,16). The summed E-state index contributed by atoms with van der Waals surface area (Å²) in [5, 5.41) is 2.84. The van der Waals surface area contributed by atoms with Crippen LogP contribution in [0.3, 0.4) is 0 Å². The summed E-state index contributed by atoms with van der Waals surface area (Å²) in [6.07, 6.45) is 7.53. The molecule has 2 heteroatoms. The Balaban J connectivity index is 2.45. The van der Waals surface area contributed by atoms with Crippen LogP contribution in [0.4, 0.5) is 0 Å². The van der Waals surface area contributed by atoms with Crippen LogP contribution in [0.5, 0.6) is 0 Å². The van der Waals surface area contributed by atoms with Crippen molar-refractivity contribution in [2.45, 2.75) is 32.2 Å². The van der Waals surface area contributed by atoms with Gasteiger partial charge in [-0.05, 0) is 12.0 Å². The SMILES string of the molecule is C#CC(CCC)NC(=O)Cc1ccccc1. The van der Waals surface area contributed by atoms with Crippen LogP contribution in [-0.4, -0.2) is 11.9 Å². The Kier molecular flexibility index (Phi) is 5.15. The molecule has 1 N–H and O–H groups in total. The van der Waals surface area contributed by atoms with Crippen molar-refractivity contribution >= 4 is 5.91 Å². The average molecular weight is 215 g/mol. The van der Waals surface area contributed by atoms with Gasteiger partial charge in [-0.3, -0.25) is 4.79 Å².